The van der Waals surface area contributed by atoms with Gasteiger partial charge in [0.2, 0.25) is 11.7 Å². The standard InChI is InChI=1S/C15H21N3O/c1-5-13(16-4)11(3)15-17-14(18-19-15)12-8-6-10(2)7-9-12/h6-9,11,13,16H,5H2,1-4H3. The number of hydrogen-bond acceptors (Lipinski definition) is 4. The fourth-order valence-electron chi connectivity index (χ4n) is 2.22. The molecule has 0 aliphatic carbocycles. The van der Waals surface area contributed by atoms with Gasteiger partial charge in [-0.2, -0.15) is 4.98 Å². The summed E-state index contributed by atoms with van der Waals surface area (Å²) in [7, 11) is 1.96. The van der Waals surface area contributed by atoms with Gasteiger partial charge in [0.25, 0.3) is 0 Å². The second kappa shape index (κ2) is 5.97. The largest absolute Gasteiger partial charge is 0.339 e. The minimum absolute atomic E-state index is 0.210. The van der Waals surface area contributed by atoms with Crippen molar-refractivity contribution in [2.24, 2.45) is 0 Å². The first-order valence-corrected chi connectivity index (χ1v) is 6.73. The van der Waals surface area contributed by atoms with E-state index in [1.165, 1.54) is 5.56 Å². The Morgan fingerprint density at radius 3 is 2.53 bits per heavy atom. The lowest BCUT2D eigenvalue weighted by Crippen LogP contribution is -2.30. The molecule has 0 saturated heterocycles. The van der Waals surface area contributed by atoms with E-state index >= 15 is 0 Å². The molecule has 0 amide bonds. The molecular weight excluding hydrogens is 238 g/mol. The van der Waals surface area contributed by atoms with Gasteiger partial charge in [-0.1, -0.05) is 48.8 Å². The Hall–Kier alpha value is -1.68. The number of benzene rings is 1. The van der Waals surface area contributed by atoms with Crippen molar-refractivity contribution in [3.63, 3.8) is 0 Å². The summed E-state index contributed by atoms with van der Waals surface area (Å²) in [6.07, 6.45) is 1.03. The van der Waals surface area contributed by atoms with Crippen LogP contribution in [0.2, 0.25) is 0 Å². The lowest BCUT2D eigenvalue weighted by atomic mass is 10.00. The highest BCUT2D eigenvalue weighted by Gasteiger charge is 2.21. The number of likely N-dealkylation sites (N-methyl/N-ethyl adjacent to an activating group) is 1. The van der Waals surface area contributed by atoms with Gasteiger partial charge in [0.1, 0.15) is 0 Å². The molecule has 0 saturated carbocycles. The van der Waals surface area contributed by atoms with Crippen LogP contribution in [0.15, 0.2) is 28.8 Å². The molecule has 0 bridgehead atoms. The first kappa shape index (κ1) is 13.7. The fraction of sp³-hybridized carbons (Fsp3) is 0.467. The molecule has 2 rings (SSSR count). The highest BCUT2D eigenvalue weighted by atomic mass is 16.5. The van der Waals surface area contributed by atoms with Gasteiger partial charge >= 0.3 is 0 Å². The quantitative estimate of drug-likeness (QED) is 0.896. The van der Waals surface area contributed by atoms with Crippen molar-refractivity contribution in [2.75, 3.05) is 7.05 Å². The molecule has 0 radical (unpaired) electrons. The predicted molar refractivity (Wildman–Crippen MR) is 76.0 cm³/mol. The summed E-state index contributed by atoms with van der Waals surface area (Å²) in [4.78, 5) is 4.51. The molecule has 0 spiro atoms. The smallest absolute Gasteiger partial charge is 0.231 e. The van der Waals surface area contributed by atoms with Crippen molar-refractivity contribution in [2.45, 2.75) is 39.2 Å². The van der Waals surface area contributed by atoms with E-state index in [9.17, 15) is 0 Å². The van der Waals surface area contributed by atoms with Crippen LogP contribution in [0.4, 0.5) is 0 Å². The Morgan fingerprint density at radius 1 is 1.26 bits per heavy atom. The van der Waals surface area contributed by atoms with Gasteiger partial charge < -0.3 is 9.84 Å². The van der Waals surface area contributed by atoms with E-state index in [2.05, 4.69) is 48.4 Å². The van der Waals surface area contributed by atoms with Gasteiger partial charge in [-0.15, -0.1) is 0 Å². The Balaban J connectivity index is 2.21. The summed E-state index contributed by atoms with van der Waals surface area (Å²) in [5, 5.41) is 7.35. The number of nitrogens with one attached hydrogen (secondary N) is 1. The molecule has 1 aromatic carbocycles. The zero-order valence-electron chi connectivity index (χ0n) is 12.0. The van der Waals surface area contributed by atoms with Crippen LogP contribution in [0.5, 0.6) is 0 Å². The van der Waals surface area contributed by atoms with Gasteiger partial charge in [-0.25, -0.2) is 0 Å². The molecule has 0 fully saturated rings. The summed E-state index contributed by atoms with van der Waals surface area (Å²) in [5.41, 5.74) is 2.22. The molecule has 4 nitrogen and oxygen atoms in total. The van der Waals surface area contributed by atoms with Crippen molar-refractivity contribution in [3.05, 3.63) is 35.7 Å². The predicted octanol–water partition coefficient (Wildman–Crippen LogP) is 3.15. The number of hydrogen-bond donors (Lipinski definition) is 1. The highest BCUT2D eigenvalue weighted by Crippen LogP contribution is 2.23. The van der Waals surface area contributed by atoms with E-state index in [-0.39, 0.29) is 5.92 Å². The average Bonchev–Trinajstić information content (AvgIpc) is 2.90. The van der Waals surface area contributed by atoms with E-state index < -0.39 is 0 Å². The summed E-state index contributed by atoms with van der Waals surface area (Å²) < 4.78 is 5.39. The zero-order chi connectivity index (χ0) is 13.8. The summed E-state index contributed by atoms with van der Waals surface area (Å²) in [6, 6.07) is 8.49. The Bertz CT molecular complexity index is 514. The number of rotatable bonds is 5. The second-order valence-electron chi connectivity index (χ2n) is 4.91. The van der Waals surface area contributed by atoms with Crippen LogP contribution in [0.25, 0.3) is 11.4 Å². The first-order chi connectivity index (χ1) is 9.15. The Labute approximate surface area is 114 Å². The van der Waals surface area contributed by atoms with Gasteiger partial charge in [-0.05, 0) is 20.4 Å². The molecule has 0 aliphatic rings. The molecule has 102 valence electrons. The lowest BCUT2D eigenvalue weighted by molar-refractivity contribution is 0.326. The fourth-order valence-corrected chi connectivity index (χ4v) is 2.22. The van der Waals surface area contributed by atoms with Crippen LogP contribution in [0.1, 0.15) is 37.6 Å². The number of aryl methyl sites for hydroxylation is 1. The third-order valence-electron chi connectivity index (χ3n) is 3.56. The molecule has 2 unspecified atom stereocenters. The maximum absolute atomic E-state index is 5.39. The minimum Gasteiger partial charge on any atom is -0.339 e. The molecule has 1 N–H and O–H groups in total. The van der Waals surface area contributed by atoms with Crippen molar-refractivity contribution in [1.29, 1.82) is 0 Å². The Morgan fingerprint density at radius 2 is 1.95 bits per heavy atom. The SMILES string of the molecule is CCC(NC)C(C)c1nc(-c2ccc(C)cc2)no1. The van der Waals surface area contributed by atoms with Crippen LogP contribution in [-0.4, -0.2) is 23.2 Å². The first-order valence-electron chi connectivity index (χ1n) is 6.73. The third-order valence-corrected chi connectivity index (χ3v) is 3.56. The van der Waals surface area contributed by atoms with Crippen LogP contribution < -0.4 is 5.32 Å². The number of aromatic nitrogens is 2. The van der Waals surface area contributed by atoms with Gasteiger partial charge in [-0.3, -0.25) is 0 Å². The third kappa shape index (κ3) is 3.01. The summed E-state index contributed by atoms with van der Waals surface area (Å²) in [6.45, 7) is 6.32. The molecule has 2 aromatic rings. The Kier molecular flexibility index (Phi) is 4.32. The molecule has 0 aliphatic heterocycles. The number of nitrogens with zero attached hydrogens (tertiary/aromatic N) is 2. The molecule has 2 atom stereocenters. The molecule has 1 heterocycles. The summed E-state index contributed by atoms with van der Waals surface area (Å²) >= 11 is 0. The lowest BCUT2D eigenvalue weighted by Gasteiger charge is -2.18. The maximum Gasteiger partial charge on any atom is 0.231 e. The molecular formula is C15H21N3O. The van der Waals surface area contributed by atoms with Gasteiger partial charge in [0.05, 0.1) is 5.92 Å². The van der Waals surface area contributed by atoms with Crippen LogP contribution in [0.3, 0.4) is 0 Å². The normalized spacial score (nSPS) is 14.3. The van der Waals surface area contributed by atoms with E-state index in [0.717, 1.165) is 12.0 Å². The van der Waals surface area contributed by atoms with E-state index in [1.807, 2.05) is 19.2 Å². The molecule has 4 heteroatoms. The van der Waals surface area contributed by atoms with Crippen LogP contribution >= 0.6 is 0 Å². The minimum atomic E-state index is 0.210. The monoisotopic (exact) mass is 259 g/mol. The van der Waals surface area contributed by atoms with Crippen molar-refractivity contribution in [1.82, 2.24) is 15.5 Å². The summed E-state index contributed by atoms with van der Waals surface area (Å²) in [5.74, 6) is 1.56. The van der Waals surface area contributed by atoms with Crippen LogP contribution in [0, 0.1) is 6.92 Å². The zero-order valence-corrected chi connectivity index (χ0v) is 12.0. The highest BCUT2D eigenvalue weighted by molar-refractivity contribution is 5.54. The van der Waals surface area contributed by atoms with Crippen molar-refractivity contribution in [3.8, 4) is 11.4 Å². The van der Waals surface area contributed by atoms with E-state index in [1.54, 1.807) is 0 Å². The second-order valence-corrected chi connectivity index (χ2v) is 4.91. The van der Waals surface area contributed by atoms with Crippen LogP contribution in [-0.2, 0) is 0 Å². The van der Waals surface area contributed by atoms with Gasteiger partial charge in [0.15, 0.2) is 0 Å². The maximum atomic E-state index is 5.39. The van der Waals surface area contributed by atoms with E-state index in [0.29, 0.717) is 17.8 Å². The average molecular weight is 259 g/mol. The van der Waals surface area contributed by atoms with Crippen molar-refractivity contribution < 1.29 is 4.52 Å². The molecule has 1 aromatic heterocycles. The van der Waals surface area contributed by atoms with Gasteiger partial charge in [0, 0.05) is 11.6 Å². The topological polar surface area (TPSA) is 51.0 Å². The van der Waals surface area contributed by atoms with Crippen molar-refractivity contribution >= 4 is 0 Å². The van der Waals surface area contributed by atoms with E-state index in [4.69, 9.17) is 4.52 Å². The molecule has 19 heavy (non-hydrogen) atoms.